The zero-order valence-electron chi connectivity index (χ0n) is 12.4. The summed E-state index contributed by atoms with van der Waals surface area (Å²) >= 11 is 0. The van der Waals surface area contributed by atoms with Crippen LogP contribution in [0.1, 0.15) is 19.3 Å². The number of aliphatic hydroxyl groups is 1. The third kappa shape index (κ3) is 3.68. The first-order chi connectivity index (χ1) is 10.7. The van der Waals surface area contributed by atoms with E-state index in [0.717, 1.165) is 19.3 Å². The van der Waals surface area contributed by atoms with E-state index < -0.39 is 0 Å². The van der Waals surface area contributed by atoms with Gasteiger partial charge in [0, 0.05) is 31.7 Å². The molecule has 2 amide bonds. The number of ether oxygens (including phenoxy) is 1. The number of carbonyl (C=O) groups excluding carboxylic acids is 1. The Hall–Kier alpha value is -1.82. The Morgan fingerprint density at radius 3 is 2.86 bits per heavy atom. The van der Waals surface area contributed by atoms with Gasteiger partial charge < -0.3 is 20.1 Å². The molecule has 1 aromatic carbocycles. The maximum atomic E-state index is 13.4. The molecule has 2 N–H and O–H groups in total. The number of hydrogen-bond acceptors (Lipinski definition) is 3. The molecule has 2 fully saturated rings. The third-order valence-corrected chi connectivity index (χ3v) is 4.19. The Labute approximate surface area is 129 Å². The van der Waals surface area contributed by atoms with Crippen LogP contribution in [-0.2, 0) is 0 Å². The molecule has 2 aliphatic rings. The highest BCUT2D eigenvalue weighted by atomic mass is 19.1. The van der Waals surface area contributed by atoms with Gasteiger partial charge in [-0.05, 0) is 37.3 Å². The van der Waals surface area contributed by atoms with Gasteiger partial charge in [-0.25, -0.2) is 9.18 Å². The summed E-state index contributed by atoms with van der Waals surface area (Å²) in [6.07, 6.45) is 3.10. The molecule has 120 valence electrons. The van der Waals surface area contributed by atoms with Crippen LogP contribution >= 0.6 is 0 Å². The lowest BCUT2D eigenvalue weighted by molar-refractivity contribution is 0.208. The predicted molar refractivity (Wildman–Crippen MR) is 80.4 cm³/mol. The Morgan fingerprint density at radius 1 is 1.36 bits per heavy atom. The van der Waals surface area contributed by atoms with Crippen molar-refractivity contribution in [1.82, 2.24) is 4.90 Å². The van der Waals surface area contributed by atoms with E-state index in [1.807, 2.05) is 0 Å². The first-order valence-corrected chi connectivity index (χ1v) is 7.75. The number of nitrogens with one attached hydrogen (secondary N) is 1. The maximum Gasteiger partial charge on any atom is 0.321 e. The van der Waals surface area contributed by atoms with Crippen molar-refractivity contribution >= 4 is 11.7 Å². The van der Waals surface area contributed by atoms with Crippen LogP contribution in [0.5, 0.6) is 5.75 Å². The smallest absolute Gasteiger partial charge is 0.321 e. The van der Waals surface area contributed by atoms with Crippen molar-refractivity contribution in [2.75, 3.05) is 31.6 Å². The Balaban J connectivity index is 1.64. The second kappa shape index (κ2) is 6.52. The minimum Gasteiger partial charge on any atom is -0.491 e. The van der Waals surface area contributed by atoms with E-state index >= 15 is 0 Å². The number of benzene rings is 1. The molecule has 1 saturated heterocycles. The van der Waals surface area contributed by atoms with Crippen molar-refractivity contribution in [3.8, 4) is 5.75 Å². The molecule has 22 heavy (non-hydrogen) atoms. The number of halogens is 1. The topological polar surface area (TPSA) is 61.8 Å². The van der Waals surface area contributed by atoms with Gasteiger partial charge in [0.1, 0.15) is 11.6 Å². The van der Waals surface area contributed by atoms with Crippen LogP contribution in [0.15, 0.2) is 18.2 Å². The van der Waals surface area contributed by atoms with E-state index in [-0.39, 0.29) is 24.4 Å². The predicted octanol–water partition coefficient (Wildman–Crippen LogP) is 2.46. The lowest BCUT2D eigenvalue weighted by Crippen LogP contribution is -2.33. The molecule has 1 aliphatic heterocycles. The van der Waals surface area contributed by atoms with Gasteiger partial charge in [-0.1, -0.05) is 0 Å². The van der Waals surface area contributed by atoms with E-state index in [1.54, 1.807) is 4.90 Å². The average molecular weight is 308 g/mol. The zero-order valence-corrected chi connectivity index (χ0v) is 12.4. The molecule has 5 nitrogen and oxygen atoms in total. The molecule has 1 saturated carbocycles. The fraction of sp³-hybridized carbons (Fsp3) is 0.562. The monoisotopic (exact) mass is 308 g/mol. The van der Waals surface area contributed by atoms with Crippen molar-refractivity contribution in [2.24, 2.45) is 11.8 Å². The lowest BCUT2D eigenvalue weighted by Gasteiger charge is -2.19. The van der Waals surface area contributed by atoms with Gasteiger partial charge >= 0.3 is 6.03 Å². The summed E-state index contributed by atoms with van der Waals surface area (Å²) in [5, 5.41) is 11.9. The molecular weight excluding hydrogens is 287 g/mol. The van der Waals surface area contributed by atoms with Crippen molar-refractivity contribution in [3.05, 3.63) is 24.0 Å². The summed E-state index contributed by atoms with van der Waals surface area (Å²) in [5.74, 6) is 0.684. The molecule has 0 aromatic heterocycles. The van der Waals surface area contributed by atoms with Gasteiger partial charge in [-0.3, -0.25) is 0 Å². The number of amides is 2. The Kier molecular flexibility index (Phi) is 4.47. The van der Waals surface area contributed by atoms with Crippen LogP contribution in [0.2, 0.25) is 0 Å². The normalized spacial score (nSPS) is 21.0. The number of likely N-dealkylation sites (tertiary alicyclic amines) is 1. The molecular formula is C16H21FN2O3. The minimum atomic E-state index is -0.384. The molecule has 1 aliphatic carbocycles. The highest BCUT2D eigenvalue weighted by molar-refractivity contribution is 5.91. The fourth-order valence-corrected chi connectivity index (χ4v) is 2.57. The van der Waals surface area contributed by atoms with Crippen LogP contribution in [0.3, 0.4) is 0 Å². The van der Waals surface area contributed by atoms with E-state index in [0.29, 0.717) is 37.1 Å². The quantitative estimate of drug-likeness (QED) is 0.878. The van der Waals surface area contributed by atoms with Crippen molar-refractivity contribution in [3.63, 3.8) is 0 Å². The van der Waals surface area contributed by atoms with Gasteiger partial charge in [0.15, 0.2) is 0 Å². The second-order valence-corrected chi connectivity index (χ2v) is 6.11. The van der Waals surface area contributed by atoms with Crippen molar-refractivity contribution < 1.29 is 19.0 Å². The van der Waals surface area contributed by atoms with Gasteiger partial charge in [-0.15, -0.1) is 0 Å². The SMILES string of the molecule is O=C(Nc1ccc(F)cc1OCC1CC1)N1CCC(CO)C1. The standard InChI is InChI=1S/C16H21FN2O3/c17-13-3-4-14(15(7-13)22-10-11-1-2-11)18-16(21)19-6-5-12(8-19)9-20/h3-4,7,11-12,20H,1-2,5-6,8-10H2,(H,18,21). The van der Waals surface area contributed by atoms with Gasteiger partial charge in [0.2, 0.25) is 0 Å². The number of anilines is 1. The van der Waals surface area contributed by atoms with E-state index in [1.165, 1.54) is 18.2 Å². The van der Waals surface area contributed by atoms with Crippen molar-refractivity contribution in [2.45, 2.75) is 19.3 Å². The van der Waals surface area contributed by atoms with Gasteiger partial charge in [0.25, 0.3) is 0 Å². The second-order valence-electron chi connectivity index (χ2n) is 6.11. The number of nitrogens with zero attached hydrogens (tertiary/aromatic N) is 1. The van der Waals surface area contributed by atoms with Crippen LogP contribution in [0.25, 0.3) is 0 Å². The Morgan fingerprint density at radius 2 is 2.18 bits per heavy atom. The zero-order chi connectivity index (χ0) is 15.5. The fourth-order valence-electron chi connectivity index (χ4n) is 2.57. The first kappa shape index (κ1) is 15.1. The maximum absolute atomic E-state index is 13.4. The number of rotatable bonds is 5. The highest BCUT2D eigenvalue weighted by Gasteiger charge is 2.27. The summed E-state index contributed by atoms with van der Waals surface area (Å²) in [5.41, 5.74) is 0.486. The number of urea groups is 1. The van der Waals surface area contributed by atoms with Crippen molar-refractivity contribution in [1.29, 1.82) is 0 Å². The summed E-state index contributed by atoms with van der Waals surface area (Å²) in [7, 11) is 0. The van der Waals surface area contributed by atoms with Gasteiger partial charge in [0.05, 0.1) is 12.3 Å². The van der Waals surface area contributed by atoms with E-state index in [2.05, 4.69) is 5.32 Å². The summed E-state index contributed by atoms with van der Waals surface area (Å²) < 4.78 is 19.0. The first-order valence-electron chi connectivity index (χ1n) is 7.75. The third-order valence-electron chi connectivity index (χ3n) is 4.19. The summed E-state index contributed by atoms with van der Waals surface area (Å²) in [6.45, 7) is 1.82. The molecule has 1 heterocycles. The molecule has 1 atom stereocenters. The largest absolute Gasteiger partial charge is 0.491 e. The van der Waals surface area contributed by atoms with E-state index in [4.69, 9.17) is 9.84 Å². The van der Waals surface area contributed by atoms with Crippen LogP contribution in [0, 0.1) is 17.7 Å². The summed E-state index contributed by atoms with van der Waals surface area (Å²) in [4.78, 5) is 13.9. The van der Waals surface area contributed by atoms with Crippen LogP contribution in [0.4, 0.5) is 14.9 Å². The lowest BCUT2D eigenvalue weighted by atomic mass is 10.1. The molecule has 3 rings (SSSR count). The molecule has 0 radical (unpaired) electrons. The van der Waals surface area contributed by atoms with Crippen LogP contribution < -0.4 is 10.1 Å². The molecule has 1 aromatic rings. The van der Waals surface area contributed by atoms with Crippen LogP contribution in [-0.4, -0.2) is 42.3 Å². The molecule has 0 bridgehead atoms. The number of carbonyl (C=O) groups is 1. The number of hydrogen-bond donors (Lipinski definition) is 2. The van der Waals surface area contributed by atoms with E-state index in [9.17, 15) is 9.18 Å². The summed E-state index contributed by atoms with van der Waals surface area (Å²) in [6, 6.07) is 3.90. The number of aliphatic hydroxyl groups excluding tert-OH is 1. The molecule has 6 heteroatoms. The average Bonchev–Trinajstić information content (AvgIpc) is 3.21. The molecule has 0 spiro atoms. The van der Waals surface area contributed by atoms with Gasteiger partial charge in [-0.2, -0.15) is 0 Å². The minimum absolute atomic E-state index is 0.0933. The molecule has 1 unspecified atom stereocenters. The highest BCUT2D eigenvalue weighted by Crippen LogP contribution is 2.32. The Bertz CT molecular complexity index is 548.